The molecule has 17 heavy (non-hydrogen) atoms. The summed E-state index contributed by atoms with van der Waals surface area (Å²) in [5.41, 5.74) is -1.79. The first-order valence-corrected chi connectivity index (χ1v) is 6.23. The number of carbonyl (C=O) groups excluding carboxylic acids is 1. The molecule has 0 spiro atoms. The van der Waals surface area contributed by atoms with Crippen molar-refractivity contribution in [3.63, 3.8) is 0 Å². The third-order valence-corrected chi connectivity index (χ3v) is 4.82. The van der Waals surface area contributed by atoms with Crippen molar-refractivity contribution in [2.45, 2.75) is 18.4 Å². The highest BCUT2D eigenvalue weighted by atomic mass is 16.6. The van der Waals surface area contributed by atoms with Crippen molar-refractivity contribution in [3.8, 4) is 0 Å². The van der Waals surface area contributed by atoms with Crippen molar-refractivity contribution in [2.24, 2.45) is 11.3 Å². The zero-order chi connectivity index (χ0) is 12.1. The van der Waals surface area contributed by atoms with E-state index in [-0.39, 0.29) is 25.1 Å². The van der Waals surface area contributed by atoms with Crippen LogP contribution >= 0.6 is 0 Å². The SMILES string of the molecule is COC(=O)C1(C2(O)COC2)CN2CCC1CC2. The van der Waals surface area contributed by atoms with Gasteiger partial charge in [-0.25, -0.2) is 0 Å². The van der Waals surface area contributed by atoms with E-state index in [0.29, 0.717) is 6.54 Å². The third kappa shape index (κ3) is 1.33. The highest BCUT2D eigenvalue weighted by molar-refractivity contribution is 5.80. The van der Waals surface area contributed by atoms with Gasteiger partial charge in [0.05, 0.1) is 20.3 Å². The number of hydrogen-bond donors (Lipinski definition) is 1. The Bertz CT molecular complexity index is 333. The molecule has 0 aromatic rings. The Morgan fingerprint density at radius 1 is 1.41 bits per heavy atom. The first-order chi connectivity index (χ1) is 8.12. The van der Waals surface area contributed by atoms with E-state index in [0.717, 1.165) is 25.9 Å². The largest absolute Gasteiger partial charge is 0.468 e. The van der Waals surface area contributed by atoms with Crippen LogP contribution in [-0.4, -0.2) is 61.5 Å². The van der Waals surface area contributed by atoms with E-state index >= 15 is 0 Å². The van der Waals surface area contributed by atoms with E-state index in [9.17, 15) is 9.90 Å². The van der Waals surface area contributed by atoms with Gasteiger partial charge in [0.2, 0.25) is 0 Å². The first-order valence-electron chi connectivity index (χ1n) is 6.23. The average Bonchev–Trinajstić information content (AvgIpc) is 2.35. The lowest BCUT2D eigenvalue weighted by molar-refractivity contribution is -0.275. The van der Waals surface area contributed by atoms with Crippen LogP contribution in [0.3, 0.4) is 0 Å². The molecule has 5 heteroatoms. The van der Waals surface area contributed by atoms with Crippen molar-refractivity contribution in [1.29, 1.82) is 0 Å². The van der Waals surface area contributed by atoms with Crippen LogP contribution in [0.15, 0.2) is 0 Å². The molecular weight excluding hydrogens is 222 g/mol. The van der Waals surface area contributed by atoms with Gasteiger partial charge in [0, 0.05) is 6.54 Å². The average molecular weight is 241 g/mol. The normalized spacial score (nSPS) is 42.9. The molecule has 4 aliphatic rings. The molecule has 1 atom stereocenters. The van der Waals surface area contributed by atoms with E-state index < -0.39 is 11.0 Å². The lowest BCUT2D eigenvalue weighted by atomic mass is 9.57. The Kier molecular flexibility index (Phi) is 2.47. The van der Waals surface area contributed by atoms with Crippen LogP contribution in [0.4, 0.5) is 0 Å². The molecule has 2 bridgehead atoms. The molecule has 0 saturated carbocycles. The molecule has 4 aliphatic heterocycles. The maximum atomic E-state index is 12.3. The van der Waals surface area contributed by atoms with Gasteiger partial charge < -0.3 is 19.5 Å². The number of ether oxygens (including phenoxy) is 2. The minimum absolute atomic E-state index is 0.230. The number of piperidine rings is 3. The summed E-state index contributed by atoms with van der Waals surface area (Å²) in [6, 6.07) is 0. The Morgan fingerprint density at radius 2 is 2.06 bits per heavy atom. The topological polar surface area (TPSA) is 59.0 Å². The van der Waals surface area contributed by atoms with Crippen molar-refractivity contribution < 1.29 is 19.4 Å². The second-order valence-electron chi connectivity index (χ2n) is 5.54. The van der Waals surface area contributed by atoms with Gasteiger partial charge in [0.25, 0.3) is 0 Å². The number of methoxy groups -OCH3 is 1. The summed E-state index contributed by atoms with van der Waals surface area (Å²) in [5, 5.41) is 10.7. The zero-order valence-electron chi connectivity index (χ0n) is 10.1. The van der Waals surface area contributed by atoms with E-state index in [1.54, 1.807) is 0 Å². The fourth-order valence-electron chi connectivity index (χ4n) is 3.75. The molecule has 0 aliphatic carbocycles. The Morgan fingerprint density at radius 3 is 2.41 bits per heavy atom. The van der Waals surface area contributed by atoms with Gasteiger partial charge in [0.1, 0.15) is 11.0 Å². The predicted octanol–water partition coefficient (Wildman–Crippen LogP) is -0.367. The molecule has 0 aromatic heterocycles. The van der Waals surface area contributed by atoms with E-state index in [4.69, 9.17) is 9.47 Å². The lowest BCUT2D eigenvalue weighted by Gasteiger charge is -2.59. The molecule has 0 radical (unpaired) electrons. The maximum absolute atomic E-state index is 12.3. The number of hydrogen-bond acceptors (Lipinski definition) is 5. The lowest BCUT2D eigenvalue weighted by Crippen LogP contribution is -2.74. The van der Waals surface area contributed by atoms with Gasteiger partial charge in [-0.2, -0.15) is 0 Å². The predicted molar refractivity (Wildman–Crippen MR) is 59.4 cm³/mol. The van der Waals surface area contributed by atoms with E-state index in [1.165, 1.54) is 7.11 Å². The summed E-state index contributed by atoms with van der Waals surface area (Å²) < 4.78 is 10.1. The van der Waals surface area contributed by atoms with Gasteiger partial charge in [-0.15, -0.1) is 0 Å². The Balaban J connectivity index is 1.99. The Labute approximate surface area is 101 Å². The second-order valence-corrected chi connectivity index (χ2v) is 5.54. The quantitative estimate of drug-likeness (QED) is 0.669. The molecule has 0 amide bonds. The number of aliphatic hydroxyl groups is 1. The molecule has 4 saturated heterocycles. The molecule has 4 fully saturated rings. The van der Waals surface area contributed by atoms with Crippen LogP contribution in [-0.2, 0) is 14.3 Å². The fraction of sp³-hybridized carbons (Fsp3) is 0.917. The number of fused-ring (bicyclic) bond motifs is 3. The van der Waals surface area contributed by atoms with Crippen LogP contribution in [0.1, 0.15) is 12.8 Å². The minimum Gasteiger partial charge on any atom is -0.468 e. The maximum Gasteiger partial charge on any atom is 0.316 e. The summed E-state index contributed by atoms with van der Waals surface area (Å²) in [7, 11) is 1.41. The molecular formula is C12H19NO4. The standard InChI is InChI=1S/C12H19NO4/c1-16-10(14)12(11(15)7-17-8-11)6-13-4-2-9(12)3-5-13/h9,15H,2-8H2,1H3. The number of nitrogens with zero attached hydrogens (tertiary/aromatic N) is 1. The molecule has 5 nitrogen and oxygen atoms in total. The third-order valence-electron chi connectivity index (χ3n) is 4.82. The zero-order valence-corrected chi connectivity index (χ0v) is 10.1. The van der Waals surface area contributed by atoms with Crippen molar-refractivity contribution >= 4 is 5.97 Å². The van der Waals surface area contributed by atoms with Crippen molar-refractivity contribution in [2.75, 3.05) is 40.0 Å². The smallest absolute Gasteiger partial charge is 0.316 e. The van der Waals surface area contributed by atoms with Gasteiger partial charge in [-0.3, -0.25) is 4.79 Å². The highest BCUT2D eigenvalue weighted by Gasteiger charge is 2.67. The minimum atomic E-state index is -1.02. The van der Waals surface area contributed by atoms with Crippen LogP contribution in [0.5, 0.6) is 0 Å². The first kappa shape index (κ1) is 11.4. The molecule has 4 rings (SSSR count). The summed E-state index contributed by atoms with van der Waals surface area (Å²) in [6.07, 6.45) is 1.94. The van der Waals surface area contributed by atoms with E-state index in [1.807, 2.05) is 0 Å². The number of carbonyl (C=O) groups is 1. The van der Waals surface area contributed by atoms with E-state index in [2.05, 4.69) is 4.90 Å². The van der Waals surface area contributed by atoms with Crippen LogP contribution < -0.4 is 0 Å². The summed E-state index contributed by atoms with van der Waals surface area (Å²) in [5.74, 6) is -0.0356. The number of rotatable bonds is 2. The van der Waals surface area contributed by atoms with Crippen molar-refractivity contribution in [1.82, 2.24) is 4.90 Å². The van der Waals surface area contributed by atoms with Crippen LogP contribution in [0.2, 0.25) is 0 Å². The monoisotopic (exact) mass is 241 g/mol. The van der Waals surface area contributed by atoms with Gasteiger partial charge >= 0.3 is 5.97 Å². The molecule has 4 heterocycles. The highest BCUT2D eigenvalue weighted by Crippen LogP contribution is 2.52. The van der Waals surface area contributed by atoms with Crippen molar-refractivity contribution in [3.05, 3.63) is 0 Å². The summed E-state index contributed by atoms with van der Waals surface area (Å²) >= 11 is 0. The second kappa shape index (κ2) is 3.67. The van der Waals surface area contributed by atoms with Gasteiger partial charge in [-0.1, -0.05) is 0 Å². The molecule has 96 valence electrons. The molecule has 1 unspecified atom stereocenters. The molecule has 0 aromatic carbocycles. The Hall–Kier alpha value is -0.650. The summed E-state index contributed by atoms with van der Waals surface area (Å²) in [4.78, 5) is 14.5. The van der Waals surface area contributed by atoms with Crippen LogP contribution in [0, 0.1) is 11.3 Å². The molecule has 1 N–H and O–H groups in total. The summed E-state index contributed by atoms with van der Waals surface area (Å²) in [6.45, 7) is 3.18. The fourth-order valence-corrected chi connectivity index (χ4v) is 3.75. The van der Waals surface area contributed by atoms with Gasteiger partial charge in [-0.05, 0) is 31.8 Å². The number of esters is 1. The van der Waals surface area contributed by atoms with Crippen LogP contribution in [0.25, 0.3) is 0 Å². The van der Waals surface area contributed by atoms with Gasteiger partial charge in [0.15, 0.2) is 0 Å².